The Labute approximate surface area is 166 Å². The lowest BCUT2D eigenvalue weighted by Gasteiger charge is -2.12. The number of nitrogens with zero attached hydrogens (tertiary/aromatic N) is 1. The van der Waals surface area contributed by atoms with Crippen molar-refractivity contribution in [2.75, 3.05) is 13.7 Å². The van der Waals surface area contributed by atoms with Crippen molar-refractivity contribution in [3.63, 3.8) is 0 Å². The Morgan fingerprint density at radius 2 is 2.07 bits per heavy atom. The molecule has 0 atom stereocenters. The monoisotopic (exact) mass is 405 g/mol. The van der Waals surface area contributed by atoms with Crippen LogP contribution < -0.4 is 15.1 Å². The van der Waals surface area contributed by atoms with Crippen molar-refractivity contribution in [3.05, 3.63) is 63.3 Å². The van der Waals surface area contributed by atoms with Crippen molar-refractivity contribution in [3.8, 4) is 11.5 Å². The van der Waals surface area contributed by atoms with Crippen molar-refractivity contribution in [1.29, 1.82) is 0 Å². The van der Waals surface area contributed by atoms with E-state index in [0.29, 0.717) is 39.6 Å². The molecule has 3 rings (SSSR count). The van der Waals surface area contributed by atoms with E-state index in [2.05, 4.69) is 4.98 Å². The molecule has 0 amide bonds. The molecule has 0 spiro atoms. The second-order valence-corrected chi connectivity index (χ2v) is 6.51. The van der Waals surface area contributed by atoms with Crippen LogP contribution in [-0.4, -0.2) is 18.7 Å². The lowest BCUT2D eigenvalue weighted by atomic mass is 10.2. The van der Waals surface area contributed by atoms with Gasteiger partial charge in [0.05, 0.1) is 29.6 Å². The highest BCUT2D eigenvalue weighted by atomic mass is 35.5. The summed E-state index contributed by atoms with van der Waals surface area (Å²) in [6, 6.07) is 10.3. The van der Waals surface area contributed by atoms with Crippen molar-refractivity contribution in [2.45, 2.75) is 13.3 Å². The van der Waals surface area contributed by atoms with Crippen molar-refractivity contribution in [1.82, 2.24) is 4.98 Å². The highest BCUT2D eigenvalue weighted by Gasteiger charge is 2.13. The highest BCUT2D eigenvalue weighted by Crippen LogP contribution is 2.37. The minimum absolute atomic E-state index is 0.0294. The van der Waals surface area contributed by atoms with E-state index in [1.165, 1.54) is 7.11 Å². The van der Waals surface area contributed by atoms with E-state index < -0.39 is 5.63 Å². The summed E-state index contributed by atoms with van der Waals surface area (Å²) in [6.07, 6.45) is 2.44. The number of halogens is 2. The molecule has 5 nitrogen and oxygen atoms in total. The SMILES string of the molecule is CCCOc1c(Cl)cc(/C=C(\Cl)c2nc3ccccc3c(=O)o2)cc1OC. The predicted molar refractivity (Wildman–Crippen MR) is 108 cm³/mol. The van der Waals surface area contributed by atoms with Crippen molar-refractivity contribution >= 4 is 45.2 Å². The molecule has 140 valence electrons. The van der Waals surface area contributed by atoms with Crippen LogP contribution in [0, 0.1) is 0 Å². The standard InChI is InChI=1S/C20H17Cl2NO4/c1-3-8-26-18-14(21)9-12(11-17(18)25-2)10-15(22)19-23-16-7-5-4-6-13(16)20(24)27-19/h4-7,9-11H,3,8H2,1-2H3/b15-10-. The minimum Gasteiger partial charge on any atom is -0.493 e. The molecule has 0 bridgehead atoms. The molecule has 7 heteroatoms. The molecule has 0 unspecified atom stereocenters. The largest absolute Gasteiger partial charge is 0.493 e. The Kier molecular flexibility index (Phi) is 6.04. The average molecular weight is 406 g/mol. The normalized spacial score (nSPS) is 11.6. The summed E-state index contributed by atoms with van der Waals surface area (Å²) >= 11 is 12.7. The Hall–Kier alpha value is -2.50. The van der Waals surface area contributed by atoms with E-state index in [1.807, 2.05) is 6.92 Å². The molecule has 27 heavy (non-hydrogen) atoms. The van der Waals surface area contributed by atoms with E-state index in [1.54, 1.807) is 42.5 Å². The first kappa shape index (κ1) is 19.3. The first-order valence-corrected chi connectivity index (χ1v) is 9.07. The number of hydrogen-bond acceptors (Lipinski definition) is 5. The van der Waals surface area contributed by atoms with Gasteiger partial charge < -0.3 is 13.9 Å². The quantitative estimate of drug-likeness (QED) is 0.550. The summed E-state index contributed by atoms with van der Waals surface area (Å²) in [4.78, 5) is 16.4. The third-order valence-corrected chi connectivity index (χ3v) is 4.29. The van der Waals surface area contributed by atoms with Crippen LogP contribution in [0.3, 0.4) is 0 Å². The number of methoxy groups -OCH3 is 1. The fourth-order valence-electron chi connectivity index (χ4n) is 2.50. The number of hydrogen-bond donors (Lipinski definition) is 0. The molecule has 0 aliphatic heterocycles. The number of para-hydroxylation sites is 1. The first-order chi connectivity index (χ1) is 13.0. The van der Waals surface area contributed by atoms with Crippen LogP contribution in [-0.2, 0) is 0 Å². The van der Waals surface area contributed by atoms with E-state index in [0.717, 1.165) is 6.42 Å². The van der Waals surface area contributed by atoms with Gasteiger partial charge in [-0.25, -0.2) is 9.78 Å². The number of benzene rings is 2. The summed E-state index contributed by atoms with van der Waals surface area (Å²) in [7, 11) is 1.53. The molecule has 0 saturated heterocycles. The summed E-state index contributed by atoms with van der Waals surface area (Å²) < 4.78 is 16.2. The number of rotatable bonds is 6. The maximum atomic E-state index is 12.1. The van der Waals surface area contributed by atoms with Gasteiger partial charge >= 0.3 is 5.63 Å². The molecule has 0 N–H and O–H groups in total. The molecule has 0 aliphatic rings. The number of ether oxygens (including phenoxy) is 2. The molecule has 0 radical (unpaired) electrons. The number of aromatic nitrogens is 1. The zero-order chi connectivity index (χ0) is 19.4. The van der Waals surface area contributed by atoms with Gasteiger partial charge in [0.15, 0.2) is 11.5 Å². The summed E-state index contributed by atoms with van der Waals surface area (Å²) in [6.45, 7) is 2.53. The van der Waals surface area contributed by atoms with Crippen LogP contribution in [0.4, 0.5) is 0 Å². The van der Waals surface area contributed by atoms with E-state index >= 15 is 0 Å². The molecule has 0 aliphatic carbocycles. The zero-order valence-corrected chi connectivity index (χ0v) is 16.3. The summed E-state index contributed by atoms with van der Waals surface area (Å²) in [5.41, 5.74) is 0.665. The molecular formula is C20H17Cl2NO4. The van der Waals surface area contributed by atoms with Crippen LogP contribution in [0.5, 0.6) is 11.5 Å². The molecule has 0 saturated carbocycles. The maximum absolute atomic E-state index is 12.1. The van der Waals surface area contributed by atoms with Crippen LogP contribution >= 0.6 is 23.2 Å². The van der Waals surface area contributed by atoms with Gasteiger partial charge in [-0.05, 0) is 42.3 Å². The van der Waals surface area contributed by atoms with E-state index in [4.69, 9.17) is 37.1 Å². The van der Waals surface area contributed by atoms with Crippen LogP contribution in [0.2, 0.25) is 5.02 Å². The smallest absolute Gasteiger partial charge is 0.347 e. The first-order valence-electron chi connectivity index (χ1n) is 8.31. The van der Waals surface area contributed by atoms with Crippen molar-refractivity contribution in [2.24, 2.45) is 0 Å². The molecule has 1 heterocycles. The van der Waals surface area contributed by atoms with Gasteiger partial charge in [-0.1, -0.05) is 42.3 Å². The Morgan fingerprint density at radius 1 is 1.30 bits per heavy atom. The Bertz CT molecular complexity index is 1060. The van der Waals surface area contributed by atoms with Crippen LogP contribution in [0.15, 0.2) is 45.6 Å². The van der Waals surface area contributed by atoms with E-state index in [-0.39, 0.29) is 10.9 Å². The topological polar surface area (TPSA) is 61.6 Å². The summed E-state index contributed by atoms with van der Waals surface area (Å²) in [5.74, 6) is 0.992. The highest BCUT2D eigenvalue weighted by molar-refractivity contribution is 6.50. The lowest BCUT2D eigenvalue weighted by molar-refractivity contribution is 0.294. The van der Waals surface area contributed by atoms with Crippen LogP contribution in [0.1, 0.15) is 24.8 Å². The van der Waals surface area contributed by atoms with Crippen LogP contribution in [0.25, 0.3) is 22.0 Å². The molecule has 1 aromatic heterocycles. The molecule has 0 fully saturated rings. The van der Waals surface area contributed by atoms with E-state index in [9.17, 15) is 4.79 Å². The minimum atomic E-state index is -0.499. The fraction of sp³-hybridized carbons (Fsp3) is 0.200. The predicted octanol–water partition coefficient (Wildman–Crippen LogP) is 5.38. The molecule has 2 aromatic carbocycles. The lowest BCUT2D eigenvalue weighted by Crippen LogP contribution is -2.03. The molecular weight excluding hydrogens is 389 g/mol. The van der Waals surface area contributed by atoms with Gasteiger partial charge in [0.1, 0.15) is 5.03 Å². The number of fused-ring (bicyclic) bond motifs is 1. The third kappa shape index (κ3) is 4.26. The van der Waals surface area contributed by atoms with Gasteiger partial charge in [-0.2, -0.15) is 0 Å². The van der Waals surface area contributed by atoms with Crippen molar-refractivity contribution < 1.29 is 13.9 Å². The van der Waals surface area contributed by atoms with Gasteiger partial charge in [0.25, 0.3) is 0 Å². The fourth-order valence-corrected chi connectivity index (χ4v) is 2.98. The van der Waals surface area contributed by atoms with Gasteiger partial charge in [-0.3, -0.25) is 0 Å². The van der Waals surface area contributed by atoms with Gasteiger partial charge in [-0.15, -0.1) is 0 Å². The van der Waals surface area contributed by atoms with Gasteiger partial charge in [0, 0.05) is 0 Å². The average Bonchev–Trinajstić information content (AvgIpc) is 2.66. The third-order valence-electron chi connectivity index (χ3n) is 3.74. The Balaban J connectivity index is 2.01. The summed E-state index contributed by atoms with van der Waals surface area (Å²) in [5, 5.41) is 0.956. The second kappa shape index (κ2) is 8.46. The molecule has 3 aromatic rings. The zero-order valence-electron chi connectivity index (χ0n) is 14.8. The van der Waals surface area contributed by atoms with Gasteiger partial charge in [0.2, 0.25) is 5.89 Å². The Morgan fingerprint density at radius 3 is 2.81 bits per heavy atom. The second-order valence-electron chi connectivity index (χ2n) is 5.70. The maximum Gasteiger partial charge on any atom is 0.347 e.